The normalized spacial score (nSPS) is 11.0. The second-order valence-electron chi connectivity index (χ2n) is 6.52. The lowest BCUT2D eigenvalue weighted by atomic mass is 10.1. The van der Waals surface area contributed by atoms with E-state index in [2.05, 4.69) is 4.98 Å². The monoisotopic (exact) mass is 375 g/mol. The van der Waals surface area contributed by atoms with Crippen LogP contribution >= 0.6 is 0 Å². The number of benzene rings is 2. The zero-order valence-electron chi connectivity index (χ0n) is 15.1. The van der Waals surface area contributed by atoms with Crippen molar-refractivity contribution in [3.05, 3.63) is 111 Å². The first-order chi connectivity index (χ1) is 13.6. The maximum Gasteiger partial charge on any atom is 0.331 e. The van der Waals surface area contributed by atoms with Crippen LogP contribution in [0.5, 0.6) is 0 Å². The van der Waals surface area contributed by atoms with E-state index in [9.17, 15) is 14.0 Å². The molecule has 5 nitrogen and oxygen atoms in total. The summed E-state index contributed by atoms with van der Waals surface area (Å²) >= 11 is 0. The van der Waals surface area contributed by atoms with Crippen LogP contribution in [-0.4, -0.2) is 14.1 Å². The Morgan fingerprint density at radius 1 is 0.857 bits per heavy atom. The average molecular weight is 375 g/mol. The third kappa shape index (κ3) is 3.36. The molecule has 0 unspecified atom stereocenters. The van der Waals surface area contributed by atoms with Gasteiger partial charge < -0.3 is 0 Å². The number of rotatable bonds is 5. The van der Waals surface area contributed by atoms with Crippen molar-refractivity contribution in [2.75, 3.05) is 0 Å². The van der Waals surface area contributed by atoms with E-state index < -0.39 is 17.1 Å². The van der Waals surface area contributed by atoms with Crippen LogP contribution in [0.1, 0.15) is 11.1 Å². The summed E-state index contributed by atoms with van der Waals surface area (Å²) in [4.78, 5) is 30.1. The molecule has 4 aromatic rings. The van der Waals surface area contributed by atoms with Gasteiger partial charge in [-0.1, -0.05) is 48.5 Å². The molecule has 0 N–H and O–H groups in total. The quantitative estimate of drug-likeness (QED) is 0.539. The molecular formula is C22H18FN3O2. The van der Waals surface area contributed by atoms with Gasteiger partial charge in [-0.05, 0) is 30.2 Å². The predicted molar refractivity (Wildman–Crippen MR) is 106 cm³/mol. The highest BCUT2D eigenvalue weighted by Crippen LogP contribution is 2.11. The second-order valence-corrected chi connectivity index (χ2v) is 6.52. The highest BCUT2D eigenvalue weighted by molar-refractivity contribution is 5.73. The summed E-state index contributed by atoms with van der Waals surface area (Å²) in [5.41, 5.74) is 1.10. The third-order valence-corrected chi connectivity index (χ3v) is 4.74. The Hall–Kier alpha value is -3.54. The minimum Gasteiger partial charge on any atom is -0.287 e. The molecule has 2 aromatic carbocycles. The van der Waals surface area contributed by atoms with Crippen molar-refractivity contribution in [1.29, 1.82) is 0 Å². The summed E-state index contributed by atoms with van der Waals surface area (Å²) in [6.45, 7) is 0.255. The fourth-order valence-electron chi connectivity index (χ4n) is 3.28. The Morgan fingerprint density at radius 3 is 2.39 bits per heavy atom. The van der Waals surface area contributed by atoms with Gasteiger partial charge in [0.05, 0.1) is 12.1 Å². The Kier molecular flexibility index (Phi) is 4.85. The van der Waals surface area contributed by atoms with Gasteiger partial charge in [0, 0.05) is 18.3 Å². The fraction of sp³-hybridized carbons (Fsp3) is 0.136. The van der Waals surface area contributed by atoms with Crippen molar-refractivity contribution in [2.45, 2.75) is 19.5 Å². The Balaban J connectivity index is 1.83. The molecule has 4 rings (SSSR count). The summed E-state index contributed by atoms with van der Waals surface area (Å²) in [5.74, 6) is -0.395. The first-order valence-corrected chi connectivity index (χ1v) is 9.01. The molecule has 140 valence electrons. The summed E-state index contributed by atoms with van der Waals surface area (Å²) < 4.78 is 16.8. The summed E-state index contributed by atoms with van der Waals surface area (Å²) in [6.07, 6.45) is 2.05. The average Bonchev–Trinajstić information content (AvgIpc) is 2.73. The molecule has 0 fully saturated rings. The summed E-state index contributed by atoms with van der Waals surface area (Å²) in [7, 11) is 0. The van der Waals surface area contributed by atoms with Gasteiger partial charge in [-0.3, -0.25) is 13.9 Å². The minimum absolute atomic E-state index is 0.0271. The van der Waals surface area contributed by atoms with E-state index in [4.69, 9.17) is 0 Å². The van der Waals surface area contributed by atoms with Gasteiger partial charge in [0.2, 0.25) is 0 Å². The largest absolute Gasteiger partial charge is 0.331 e. The van der Waals surface area contributed by atoms with Gasteiger partial charge in [-0.2, -0.15) is 0 Å². The number of hydrogen-bond acceptors (Lipinski definition) is 3. The number of aryl methyl sites for hydroxylation is 1. The lowest BCUT2D eigenvalue weighted by Gasteiger charge is -2.14. The lowest BCUT2D eigenvalue weighted by Crippen LogP contribution is -2.41. The van der Waals surface area contributed by atoms with Crippen LogP contribution in [0.25, 0.3) is 11.0 Å². The second kappa shape index (κ2) is 7.60. The third-order valence-electron chi connectivity index (χ3n) is 4.74. The van der Waals surface area contributed by atoms with Gasteiger partial charge in [0.1, 0.15) is 5.82 Å². The van der Waals surface area contributed by atoms with Crippen molar-refractivity contribution >= 4 is 11.0 Å². The smallest absolute Gasteiger partial charge is 0.287 e. The Morgan fingerprint density at radius 2 is 1.61 bits per heavy atom. The molecule has 28 heavy (non-hydrogen) atoms. The van der Waals surface area contributed by atoms with Gasteiger partial charge in [-0.25, -0.2) is 14.2 Å². The standard InChI is InChI=1S/C22H18FN3O2/c23-18-10-5-4-9-17(18)15-26-19-11-6-13-24-20(19)21(27)25(22(26)28)14-12-16-7-2-1-3-8-16/h1-11,13H,12,14-15H2. The van der Waals surface area contributed by atoms with E-state index in [0.717, 1.165) is 5.56 Å². The van der Waals surface area contributed by atoms with Gasteiger partial charge in [0.15, 0.2) is 5.52 Å². The van der Waals surface area contributed by atoms with Crippen LogP contribution in [0.2, 0.25) is 0 Å². The molecular weight excluding hydrogens is 357 g/mol. The van der Waals surface area contributed by atoms with E-state index in [0.29, 0.717) is 17.5 Å². The number of hydrogen-bond donors (Lipinski definition) is 0. The molecule has 0 radical (unpaired) electrons. The predicted octanol–water partition coefficient (Wildman–Crippen LogP) is 2.99. The Bertz CT molecular complexity index is 1250. The molecule has 0 aliphatic rings. The van der Waals surface area contributed by atoms with E-state index in [1.807, 2.05) is 30.3 Å². The number of pyridine rings is 1. The highest BCUT2D eigenvalue weighted by Gasteiger charge is 2.15. The maximum absolute atomic E-state index is 14.2. The molecule has 6 heteroatoms. The van der Waals surface area contributed by atoms with Crippen LogP contribution in [0.4, 0.5) is 4.39 Å². The lowest BCUT2D eigenvalue weighted by molar-refractivity contribution is 0.567. The fourth-order valence-corrected chi connectivity index (χ4v) is 3.28. The number of aromatic nitrogens is 3. The number of fused-ring (bicyclic) bond motifs is 1. The van der Waals surface area contributed by atoms with E-state index >= 15 is 0 Å². The van der Waals surface area contributed by atoms with Crippen LogP contribution in [0, 0.1) is 5.82 Å². The molecule has 0 saturated heterocycles. The summed E-state index contributed by atoms with van der Waals surface area (Å²) in [5, 5.41) is 0. The topological polar surface area (TPSA) is 56.9 Å². The highest BCUT2D eigenvalue weighted by atomic mass is 19.1. The molecule has 0 spiro atoms. The first-order valence-electron chi connectivity index (χ1n) is 9.01. The molecule has 0 aliphatic carbocycles. The number of halogens is 1. The van der Waals surface area contributed by atoms with Crippen LogP contribution in [-0.2, 0) is 19.5 Å². The maximum atomic E-state index is 14.2. The molecule has 0 bridgehead atoms. The van der Waals surface area contributed by atoms with E-state index in [1.54, 1.807) is 30.3 Å². The zero-order valence-corrected chi connectivity index (χ0v) is 15.1. The van der Waals surface area contributed by atoms with Crippen LogP contribution < -0.4 is 11.2 Å². The van der Waals surface area contributed by atoms with Gasteiger partial charge in [0.25, 0.3) is 5.56 Å². The van der Waals surface area contributed by atoms with Gasteiger partial charge in [-0.15, -0.1) is 0 Å². The van der Waals surface area contributed by atoms with E-state index in [-0.39, 0.29) is 18.6 Å². The molecule has 2 heterocycles. The first kappa shape index (κ1) is 17.9. The molecule has 2 aromatic heterocycles. The number of nitrogens with zero attached hydrogens (tertiary/aromatic N) is 3. The van der Waals surface area contributed by atoms with E-state index in [1.165, 1.54) is 21.4 Å². The molecule has 0 atom stereocenters. The minimum atomic E-state index is -0.468. The molecule has 0 amide bonds. The van der Waals surface area contributed by atoms with Crippen LogP contribution in [0.3, 0.4) is 0 Å². The van der Waals surface area contributed by atoms with Crippen LogP contribution in [0.15, 0.2) is 82.5 Å². The van der Waals surface area contributed by atoms with Crippen molar-refractivity contribution in [2.24, 2.45) is 0 Å². The van der Waals surface area contributed by atoms with Crippen molar-refractivity contribution in [3.63, 3.8) is 0 Å². The zero-order chi connectivity index (χ0) is 19.5. The van der Waals surface area contributed by atoms with Gasteiger partial charge >= 0.3 is 5.69 Å². The SMILES string of the molecule is O=c1c2ncccc2n(Cc2ccccc2F)c(=O)n1CCc1ccccc1. The van der Waals surface area contributed by atoms with Crippen molar-refractivity contribution < 1.29 is 4.39 Å². The summed E-state index contributed by atoms with van der Waals surface area (Å²) in [6, 6.07) is 19.3. The molecule has 0 saturated carbocycles. The Labute approximate surface area is 160 Å². The van der Waals surface area contributed by atoms with Crippen molar-refractivity contribution in [1.82, 2.24) is 14.1 Å². The van der Waals surface area contributed by atoms with Crippen molar-refractivity contribution in [3.8, 4) is 0 Å². The molecule has 0 aliphatic heterocycles.